The molecule has 5 rings (SSSR count). The van der Waals surface area contributed by atoms with Crippen LogP contribution in [0, 0.1) is 0 Å². The zero-order valence-electron chi connectivity index (χ0n) is 18.4. The van der Waals surface area contributed by atoms with Crippen molar-refractivity contribution in [1.29, 1.82) is 0 Å². The second kappa shape index (κ2) is 9.15. The van der Waals surface area contributed by atoms with Crippen molar-refractivity contribution in [2.75, 3.05) is 19.0 Å². The van der Waals surface area contributed by atoms with Crippen LogP contribution in [-0.2, 0) is 4.79 Å². The van der Waals surface area contributed by atoms with Gasteiger partial charge in [-0.1, -0.05) is 23.7 Å². The molecule has 0 saturated carbocycles. The molecular formula is C25H22ClN5O3. The maximum absolute atomic E-state index is 13.2. The first-order valence-corrected chi connectivity index (χ1v) is 11.3. The summed E-state index contributed by atoms with van der Waals surface area (Å²) in [6, 6.07) is 13.6. The van der Waals surface area contributed by atoms with E-state index in [0.717, 1.165) is 17.7 Å². The van der Waals surface area contributed by atoms with Crippen LogP contribution in [0.4, 0.5) is 5.69 Å². The third-order valence-electron chi connectivity index (χ3n) is 5.89. The van der Waals surface area contributed by atoms with Gasteiger partial charge in [-0.15, -0.1) is 0 Å². The number of rotatable bonds is 5. The number of imidazole rings is 1. The molecule has 1 aliphatic heterocycles. The first kappa shape index (κ1) is 21.9. The summed E-state index contributed by atoms with van der Waals surface area (Å²) in [7, 11) is 1.50. The Morgan fingerprint density at radius 3 is 2.76 bits per heavy atom. The van der Waals surface area contributed by atoms with E-state index >= 15 is 0 Å². The van der Waals surface area contributed by atoms with Gasteiger partial charge in [0, 0.05) is 41.4 Å². The second-order valence-electron chi connectivity index (χ2n) is 8.02. The number of nitrogens with zero attached hydrogens (tertiary/aromatic N) is 4. The Bertz CT molecular complexity index is 1340. The molecule has 8 nitrogen and oxygen atoms in total. The number of likely N-dealkylation sites (tertiary alicyclic amines) is 1. The van der Waals surface area contributed by atoms with E-state index in [1.165, 1.54) is 7.11 Å². The number of carbonyl (C=O) groups excluding carboxylic acids is 2. The lowest BCUT2D eigenvalue weighted by Gasteiger charge is -2.25. The molecule has 1 N–H and O–H groups in total. The molecule has 1 unspecified atom stereocenters. The highest BCUT2D eigenvalue weighted by atomic mass is 35.5. The van der Waals surface area contributed by atoms with Crippen molar-refractivity contribution in [1.82, 2.24) is 19.3 Å². The van der Waals surface area contributed by atoms with Gasteiger partial charge in [-0.25, -0.2) is 9.97 Å². The summed E-state index contributed by atoms with van der Waals surface area (Å²) in [6.07, 6.45) is 6.83. The fraction of sp³-hybridized carbons (Fsp3) is 0.200. The van der Waals surface area contributed by atoms with Crippen molar-refractivity contribution < 1.29 is 14.3 Å². The Balaban J connectivity index is 1.30. The van der Waals surface area contributed by atoms with Crippen LogP contribution < -0.4 is 10.1 Å². The standard InChI is InChI=1S/C25H22ClN5O3/c1-34-22-10-7-17(26)14-19(22)24(33)31-13-2-4-21(31)23(32)28-18-8-5-16(6-9-18)20-15-30-12-3-11-27-25(30)29-20/h3,5-12,14-15,21H,2,4,13H2,1H3,(H,28,32). The van der Waals surface area contributed by atoms with E-state index in [0.29, 0.717) is 40.8 Å². The molecule has 172 valence electrons. The predicted octanol–water partition coefficient (Wildman–Crippen LogP) is 4.30. The summed E-state index contributed by atoms with van der Waals surface area (Å²) < 4.78 is 7.17. The number of hydrogen-bond acceptors (Lipinski definition) is 5. The van der Waals surface area contributed by atoms with Crippen molar-refractivity contribution in [3.05, 3.63) is 77.7 Å². The molecule has 3 heterocycles. The fourth-order valence-corrected chi connectivity index (χ4v) is 4.38. The number of amides is 2. The zero-order chi connectivity index (χ0) is 23.7. The number of carbonyl (C=O) groups is 2. The van der Waals surface area contributed by atoms with Crippen molar-refractivity contribution >= 4 is 34.9 Å². The first-order chi connectivity index (χ1) is 16.5. The van der Waals surface area contributed by atoms with Crippen molar-refractivity contribution in [3.63, 3.8) is 0 Å². The molecule has 4 aromatic rings. The van der Waals surface area contributed by atoms with Crippen LogP contribution in [0.3, 0.4) is 0 Å². The molecule has 0 spiro atoms. The van der Waals surface area contributed by atoms with Gasteiger partial charge in [0.15, 0.2) is 0 Å². The van der Waals surface area contributed by atoms with E-state index in [2.05, 4.69) is 15.3 Å². The highest BCUT2D eigenvalue weighted by molar-refractivity contribution is 6.31. The molecule has 1 atom stereocenters. The average Bonchev–Trinajstić information content (AvgIpc) is 3.51. The Hall–Kier alpha value is -3.91. The summed E-state index contributed by atoms with van der Waals surface area (Å²) in [5, 5.41) is 3.37. The van der Waals surface area contributed by atoms with Gasteiger partial charge >= 0.3 is 0 Å². The minimum absolute atomic E-state index is 0.225. The van der Waals surface area contributed by atoms with E-state index in [-0.39, 0.29) is 11.8 Å². The predicted molar refractivity (Wildman–Crippen MR) is 129 cm³/mol. The number of fused-ring (bicyclic) bond motifs is 1. The lowest BCUT2D eigenvalue weighted by atomic mass is 10.1. The molecule has 1 aliphatic rings. The van der Waals surface area contributed by atoms with Gasteiger partial charge in [0.25, 0.3) is 5.91 Å². The van der Waals surface area contributed by atoms with Crippen LogP contribution >= 0.6 is 11.6 Å². The summed E-state index contributed by atoms with van der Waals surface area (Å²) in [6.45, 7) is 0.493. The number of nitrogens with one attached hydrogen (secondary N) is 1. The normalized spacial score (nSPS) is 15.5. The van der Waals surface area contributed by atoms with Crippen molar-refractivity contribution in [3.8, 4) is 17.0 Å². The van der Waals surface area contributed by atoms with Gasteiger partial charge in [-0.3, -0.25) is 14.0 Å². The number of hydrogen-bond donors (Lipinski definition) is 1. The molecule has 0 aliphatic carbocycles. The van der Waals surface area contributed by atoms with Crippen molar-refractivity contribution in [2.45, 2.75) is 18.9 Å². The van der Waals surface area contributed by atoms with Crippen LogP contribution in [0.5, 0.6) is 5.75 Å². The van der Waals surface area contributed by atoms with Crippen LogP contribution in [0.2, 0.25) is 5.02 Å². The number of anilines is 1. The maximum atomic E-state index is 13.2. The third kappa shape index (κ3) is 4.20. The van der Waals surface area contributed by atoms with Crippen LogP contribution in [-0.4, -0.2) is 50.8 Å². The molecular weight excluding hydrogens is 454 g/mol. The minimum atomic E-state index is -0.569. The quantitative estimate of drug-likeness (QED) is 0.465. The zero-order valence-corrected chi connectivity index (χ0v) is 19.2. The van der Waals surface area contributed by atoms with Gasteiger partial charge in [0.1, 0.15) is 11.8 Å². The van der Waals surface area contributed by atoms with E-state index in [4.69, 9.17) is 16.3 Å². The smallest absolute Gasteiger partial charge is 0.258 e. The summed E-state index contributed by atoms with van der Waals surface area (Å²) in [4.78, 5) is 36.6. The van der Waals surface area contributed by atoms with E-state index < -0.39 is 6.04 Å². The molecule has 2 aromatic carbocycles. The average molecular weight is 476 g/mol. The summed E-state index contributed by atoms with van der Waals surface area (Å²) in [5.74, 6) is 0.555. The lowest BCUT2D eigenvalue weighted by molar-refractivity contribution is -0.119. The maximum Gasteiger partial charge on any atom is 0.258 e. The fourth-order valence-electron chi connectivity index (χ4n) is 4.20. The van der Waals surface area contributed by atoms with E-state index in [1.54, 1.807) is 29.3 Å². The molecule has 2 aromatic heterocycles. The van der Waals surface area contributed by atoms with E-state index in [1.807, 2.05) is 47.1 Å². The van der Waals surface area contributed by atoms with Gasteiger partial charge in [-0.05, 0) is 49.2 Å². The molecule has 1 fully saturated rings. The monoisotopic (exact) mass is 475 g/mol. The Morgan fingerprint density at radius 1 is 1.18 bits per heavy atom. The molecule has 1 saturated heterocycles. The van der Waals surface area contributed by atoms with Gasteiger partial charge < -0.3 is 15.0 Å². The van der Waals surface area contributed by atoms with Crippen LogP contribution in [0.15, 0.2) is 67.1 Å². The summed E-state index contributed by atoms with van der Waals surface area (Å²) in [5.41, 5.74) is 2.70. The molecule has 0 bridgehead atoms. The number of methoxy groups -OCH3 is 1. The van der Waals surface area contributed by atoms with Gasteiger partial charge in [0.2, 0.25) is 11.7 Å². The number of halogens is 1. The van der Waals surface area contributed by atoms with E-state index in [9.17, 15) is 9.59 Å². The lowest BCUT2D eigenvalue weighted by Crippen LogP contribution is -2.43. The number of ether oxygens (including phenoxy) is 1. The third-order valence-corrected chi connectivity index (χ3v) is 6.13. The molecule has 34 heavy (non-hydrogen) atoms. The molecule has 0 radical (unpaired) electrons. The second-order valence-corrected chi connectivity index (χ2v) is 8.46. The van der Waals surface area contributed by atoms with Gasteiger partial charge in [0.05, 0.1) is 18.4 Å². The Morgan fingerprint density at radius 2 is 2.00 bits per heavy atom. The topological polar surface area (TPSA) is 88.8 Å². The highest BCUT2D eigenvalue weighted by Crippen LogP contribution is 2.28. The van der Waals surface area contributed by atoms with Crippen molar-refractivity contribution in [2.24, 2.45) is 0 Å². The first-order valence-electron chi connectivity index (χ1n) is 10.9. The Kier molecular flexibility index (Phi) is 5.90. The largest absolute Gasteiger partial charge is 0.496 e. The van der Waals surface area contributed by atoms with Crippen LogP contribution in [0.1, 0.15) is 23.2 Å². The van der Waals surface area contributed by atoms with Gasteiger partial charge in [-0.2, -0.15) is 0 Å². The summed E-state index contributed by atoms with van der Waals surface area (Å²) >= 11 is 6.10. The highest BCUT2D eigenvalue weighted by Gasteiger charge is 2.35. The SMILES string of the molecule is COc1ccc(Cl)cc1C(=O)N1CCCC1C(=O)Nc1ccc(-c2cn3cccnc3n2)cc1. The number of aromatic nitrogens is 3. The molecule has 9 heteroatoms. The number of benzene rings is 2. The van der Waals surface area contributed by atoms with Crippen LogP contribution in [0.25, 0.3) is 17.0 Å². The Labute approximate surface area is 201 Å². The molecule has 2 amide bonds. The minimum Gasteiger partial charge on any atom is -0.496 e.